The number of aromatic nitrogens is 8. The van der Waals surface area contributed by atoms with Gasteiger partial charge in [-0.1, -0.05) is 205 Å². The molecule has 12 aromatic heterocycles. The van der Waals surface area contributed by atoms with Gasteiger partial charge in [0.05, 0.1) is 43.8 Å². The number of rotatable bonds is 8. The summed E-state index contributed by atoms with van der Waals surface area (Å²) < 4.78 is 92.6. The minimum atomic E-state index is -2.45. The molecule has 2 aliphatic rings. The smallest absolute Gasteiger partial charge is 0.228 e. The summed E-state index contributed by atoms with van der Waals surface area (Å²) in [5.41, 5.74) is 23.0. The first-order valence-corrected chi connectivity index (χ1v) is 41.3. The van der Waals surface area contributed by atoms with E-state index in [-0.39, 0.29) is 0 Å². The van der Waals surface area contributed by atoms with Gasteiger partial charge in [-0.25, -0.2) is 38.2 Å². The Morgan fingerprint density at radius 2 is 0.661 bits per heavy atom. The highest BCUT2D eigenvalue weighted by Crippen LogP contribution is 2.46. The molecule has 2 fully saturated rings. The lowest BCUT2D eigenvalue weighted by atomic mass is 9.84. The summed E-state index contributed by atoms with van der Waals surface area (Å²) in [6, 6.07) is 66.5. The van der Waals surface area contributed by atoms with E-state index in [9.17, 15) is 0 Å². The van der Waals surface area contributed by atoms with Gasteiger partial charge in [0, 0.05) is 126 Å². The zero-order valence-corrected chi connectivity index (χ0v) is 69.1. The molecule has 8 aromatic carbocycles. The van der Waals surface area contributed by atoms with Crippen molar-refractivity contribution in [1.82, 2.24) is 19.9 Å². The van der Waals surface area contributed by atoms with Crippen LogP contribution in [0.15, 0.2) is 255 Å². The van der Waals surface area contributed by atoms with Crippen LogP contribution in [0, 0.1) is 34.6 Å². The summed E-state index contributed by atoms with van der Waals surface area (Å²) in [7, 11) is 8.09. The van der Waals surface area contributed by atoms with E-state index in [0.717, 1.165) is 244 Å². The second-order valence-corrected chi connectivity index (χ2v) is 32.7. The van der Waals surface area contributed by atoms with Gasteiger partial charge in [-0.05, 0) is 150 Å². The van der Waals surface area contributed by atoms with E-state index in [0.29, 0.717) is 34.0 Å². The number of pyridine rings is 8. The van der Waals surface area contributed by atoms with Gasteiger partial charge in [0.25, 0.3) is 0 Å². The van der Waals surface area contributed by atoms with E-state index < -0.39 is 30.4 Å². The molecule has 12 nitrogen and oxygen atoms in total. The van der Waals surface area contributed by atoms with Crippen LogP contribution in [-0.4, -0.2) is 19.9 Å². The maximum Gasteiger partial charge on any atom is 0.228 e. The van der Waals surface area contributed by atoms with Gasteiger partial charge in [-0.3, -0.25) is 0 Å². The maximum absolute atomic E-state index is 9.14. The number of benzene rings is 8. The Kier molecular flexibility index (Phi) is 17.5. The molecule has 0 bridgehead atoms. The lowest BCUT2D eigenvalue weighted by Crippen LogP contribution is -2.31. The van der Waals surface area contributed by atoms with Gasteiger partial charge in [0.1, 0.15) is 28.2 Å². The quantitative estimate of drug-likeness (QED) is 0.138. The molecule has 12 heteroatoms. The average Bonchev–Trinajstić information content (AvgIpc) is 1.60. The fourth-order valence-electron chi connectivity index (χ4n) is 18.4. The molecular formula is C106H100N8O4+4. The molecule has 0 aliphatic heterocycles. The fraction of sp³-hybridized carbons (Fsp3) is 0.245. The SMILES string of the molecule is [2H]C(C)(C)c1cc[n+](C)c(-c2c(C)ccc3c2oc2ncc4ccccc4c23)c1.[2H]C([2H])([2H])C([2H])(C)c1cc[n+](C)c(-c2c(C)ccc3c2oc2nc(C)c4ccccc4c23)c1.[2H]C1(c2cc[n+](C)c(-c3c(C)ccc4c3oc3ncc5ccccc5c34)c2)CCCC1.[2H]C1(c2cc[n+](C)c(-c3c(C)ccc4c3oc3ncc5ccccc5c34)c2)CCCCC1. The molecule has 20 aromatic rings. The van der Waals surface area contributed by atoms with Gasteiger partial charge in [0.2, 0.25) is 45.6 Å². The van der Waals surface area contributed by atoms with Crippen LogP contribution in [0.25, 0.3) is 176 Å². The van der Waals surface area contributed by atoms with Gasteiger partial charge in [0.15, 0.2) is 47.1 Å². The maximum atomic E-state index is 9.14. The van der Waals surface area contributed by atoms with E-state index in [1.165, 1.54) is 13.3 Å². The van der Waals surface area contributed by atoms with Crippen LogP contribution < -0.4 is 18.3 Å². The highest BCUT2D eigenvalue weighted by molar-refractivity contribution is 6.23. The predicted molar refractivity (Wildman–Crippen MR) is 481 cm³/mol. The summed E-state index contributed by atoms with van der Waals surface area (Å²) in [4.78, 5) is 18.6. The summed E-state index contributed by atoms with van der Waals surface area (Å²) >= 11 is 0. The van der Waals surface area contributed by atoms with Gasteiger partial charge in [-0.2, -0.15) is 0 Å². The summed E-state index contributed by atoms with van der Waals surface area (Å²) in [6.45, 7) is 13.2. The van der Waals surface area contributed by atoms with Crippen LogP contribution >= 0.6 is 0 Å². The van der Waals surface area contributed by atoms with E-state index in [1.54, 1.807) is 12.1 Å². The monoisotopic (exact) mass is 1560 g/mol. The second-order valence-electron chi connectivity index (χ2n) is 32.7. The van der Waals surface area contributed by atoms with Crippen molar-refractivity contribution < 1.29 is 45.5 Å². The molecule has 584 valence electrons. The van der Waals surface area contributed by atoms with Crippen LogP contribution in [0.5, 0.6) is 0 Å². The van der Waals surface area contributed by atoms with Crippen molar-refractivity contribution >= 4 is 131 Å². The van der Waals surface area contributed by atoms with Gasteiger partial charge in [-0.15, -0.1) is 0 Å². The predicted octanol–water partition coefficient (Wildman–Crippen LogP) is 26.0. The standard InChI is InChI=1S/C28H27N2O.C27H25N2O.C26H25N2O.C25H23N2O/c1-18-12-13-23-26-22-11-7-6-10-21(22)17-29-28(26)31-27(23)25(18)24-16-20(14-15-30(24)2)19-8-4-3-5-9-19;1-17-11-12-22-25-21-10-6-5-9-20(21)16-28-27(25)30-26(22)24(17)23-15-19(13-14-29(23)2)18-7-3-4-8-18;1-15(2)18-12-13-28(5)22(14-18)23-16(3)10-11-21-24-20-9-7-6-8-19(20)17(4)27-26(24)29-25(21)23;1-15(2)17-11-12-27(4)21(13-17)22-16(3)9-10-20-23-19-8-6-5-7-18(19)14-26-25(23)28-24(20)22/h6-7,10-17,19H,3-5,8-9H2,1-2H3;5-6,9-16,18H,3-4,7-8H2,1-2H3;6-15H,1-5H3;5-15H,1-4H3/q4*+1/i19D;18D;1D3,15D;15D. The molecule has 1 unspecified atom stereocenters. The average molecular weight is 1560 g/mol. The number of hydrogen-bond acceptors (Lipinski definition) is 8. The van der Waals surface area contributed by atoms with Gasteiger partial charge < -0.3 is 17.7 Å². The van der Waals surface area contributed by atoms with E-state index in [1.807, 2.05) is 114 Å². The Labute approximate surface area is 697 Å². The van der Waals surface area contributed by atoms with Crippen LogP contribution in [0.1, 0.15) is 169 Å². The molecule has 118 heavy (non-hydrogen) atoms. The topological polar surface area (TPSA) is 120 Å². The Bertz CT molecular complexity index is 7770. The molecule has 0 radical (unpaired) electrons. The normalized spacial score (nSPS) is 15.7. The number of hydrogen-bond donors (Lipinski definition) is 0. The van der Waals surface area contributed by atoms with Crippen LogP contribution in [0.4, 0.5) is 0 Å². The zero-order valence-electron chi connectivity index (χ0n) is 76.1. The summed E-state index contributed by atoms with van der Waals surface area (Å²) in [5.74, 6) is -3.37. The fourth-order valence-corrected chi connectivity index (χ4v) is 18.4. The Balaban J connectivity index is 0.000000109. The van der Waals surface area contributed by atoms with Crippen molar-refractivity contribution in [2.24, 2.45) is 28.2 Å². The first-order valence-electron chi connectivity index (χ1n) is 44.8. The van der Waals surface area contributed by atoms with Crippen molar-refractivity contribution in [1.29, 1.82) is 0 Å². The summed E-state index contributed by atoms with van der Waals surface area (Å²) in [5, 5.41) is 17.4. The molecule has 2 saturated carbocycles. The van der Waals surface area contributed by atoms with Crippen molar-refractivity contribution in [3.05, 3.63) is 288 Å². The first kappa shape index (κ1) is 67.4. The molecule has 1 atom stereocenters. The third-order valence-electron chi connectivity index (χ3n) is 24.8. The largest absolute Gasteiger partial charge is 0.437 e. The number of furan rings is 4. The van der Waals surface area contributed by atoms with E-state index in [2.05, 4.69) is 222 Å². The molecule has 2 aliphatic carbocycles. The Morgan fingerprint density at radius 3 is 1.03 bits per heavy atom. The van der Waals surface area contributed by atoms with E-state index >= 15 is 0 Å². The third-order valence-corrected chi connectivity index (χ3v) is 24.8. The number of aryl methyl sites for hydroxylation is 9. The van der Waals surface area contributed by atoms with Crippen LogP contribution in [0.2, 0.25) is 0 Å². The number of nitrogens with zero attached hydrogens (tertiary/aromatic N) is 8. The van der Waals surface area contributed by atoms with Crippen molar-refractivity contribution in [3.63, 3.8) is 0 Å². The molecule has 12 heterocycles. The molecule has 0 saturated heterocycles. The van der Waals surface area contributed by atoms with Crippen LogP contribution in [-0.2, 0) is 28.2 Å². The van der Waals surface area contributed by atoms with Crippen molar-refractivity contribution in [2.45, 2.75) is 144 Å². The third kappa shape index (κ3) is 13.3. The van der Waals surface area contributed by atoms with Crippen molar-refractivity contribution in [2.75, 3.05) is 0 Å². The number of fused-ring (bicyclic) bond motifs is 20. The molecule has 22 rings (SSSR count). The van der Waals surface area contributed by atoms with Crippen LogP contribution in [0.3, 0.4) is 0 Å². The Hall–Kier alpha value is -12.8. The molecule has 0 amide bonds. The highest BCUT2D eigenvalue weighted by atomic mass is 16.4. The molecule has 0 N–H and O–H groups in total. The van der Waals surface area contributed by atoms with E-state index in [4.69, 9.17) is 32.2 Å². The minimum Gasteiger partial charge on any atom is -0.437 e. The molecular weight excluding hydrogens is 1450 g/mol. The first-order chi connectivity index (χ1) is 59.9. The highest BCUT2D eigenvalue weighted by Gasteiger charge is 2.31. The van der Waals surface area contributed by atoms with Crippen molar-refractivity contribution in [3.8, 4) is 45.0 Å². The lowest BCUT2D eigenvalue weighted by Gasteiger charge is -2.21. The molecule has 0 spiro atoms. The summed E-state index contributed by atoms with van der Waals surface area (Å²) in [6.07, 6.45) is 23.2. The zero-order chi connectivity index (χ0) is 87.1. The Morgan fingerprint density at radius 1 is 0.347 bits per heavy atom. The minimum absolute atomic E-state index is 0.433. The van der Waals surface area contributed by atoms with Gasteiger partial charge >= 0.3 is 0 Å². The second kappa shape index (κ2) is 30.7. The lowest BCUT2D eigenvalue weighted by molar-refractivity contribution is -0.660.